The summed E-state index contributed by atoms with van der Waals surface area (Å²) in [4.78, 5) is 29.2. The first-order valence-electron chi connectivity index (χ1n) is 10.8. The van der Waals surface area contributed by atoms with Gasteiger partial charge in [0.25, 0.3) is 21.8 Å². The zero-order valence-electron chi connectivity index (χ0n) is 18.4. The first-order chi connectivity index (χ1) is 16.2. The number of nitrogens with zero attached hydrogens (tertiary/aromatic N) is 5. The highest BCUT2D eigenvalue weighted by Crippen LogP contribution is 2.46. The van der Waals surface area contributed by atoms with Crippen LogP contribution in [0.5, 0.6) is 0 Å². The summed E-state index contributed by atoms with van der Waals surface area (Å²) in [6.45, 7) is 2.61. The molecule has 0 spiro atoms. The van der Waals surface area contributed by atoms with Crippen LogP contribution in [0, 0.1) is 5.41 Å². The van der Waals surface area contributed by atoms with Crippen LogP contribution in [0.4, 0.5) is 5.82 Å². The summed E-state index contributed by atoms with van der Waals surface area (Å²) in [5, 5.41) is 11.2. The van der Waals surface area contributed by atoms with Gasteiger partial charge in [-0.25, -0.2) is 17.7 Å². The number of rotatable bonds is 7. The second-order valence-corrected chi connectivity index (χ2v) is 10.4. The molecule has 11 nitrogen and oxygen atoms in total. The largest absolute Gasteiger partial charge is 0.384 e. The maximum atomic E-state index is 12.8. The number of hydrogen-bond donors (Lipinski definition) is 2. The SMILES string of the molecule is CCN1C(=O)c2ccc(C(=O)NCC3(Cn4cc(-c5cccc(N)n5)nn4)CC3)cc2S1(=O)=O. The molecule has 176 valence electrons. The number of hydrogen-bond acceptors (Lipinski definition) is 8. The fourth-order valence-corrected chi connectivity index (χ4v) is 5.70. The van der Waals surface area contributed by atoms with Crippen molar-refractivity contribution in [1.82, 2.24) is 29.6 Å². The fourth-order valence-electron chi connectivity index (χ4n) is 4.10. The number of anilines is 1. The predicted molar refractivity (Wildman–Crippen MR) is 122 cm³/mol. The average Bonchev–Trinajstić information content (AvgIpc) is 3.36. The lowest BCUT2D eigenvalue weighted by atomic mass is 10.1. The molecule has 2 aliphatic rings. The highest BCUT2D eigenvalue weighted by molar-refractivity contribution is 7.90. The van der Waals surface area contributed by atoms with Gasteiger partial charge in [-0.1, -0.05) is 11.3 Å². The lowest BCUT2D eigenvalue weighted by molar-refractivity contribution is 0.0874. The zero-order valence-corrected chi connectivity index (χ0v) is 19.2. The van der Waals surface area contributed by atoms with Crippen LogP contribution in [0.25, 0.3) is 11.4 Å². The minimum Gasteiger partial charge on any atom is -0.384 e. The number of nitrogen functional groups attached to an aromatic ring is 1. The minimum absolute atomic E-state index is 0.0393. The van der Waals surface area contributed by atoms with Gasteiger partial charge in [-0.2, -0.15) is 0 Å². The van der Waals surface area contributed by atoms with Crippen molar-refractivity contribution in [3.63, 3.8) is 0 Å². The van der Waals surface area contributed by atoms with Gasteiger partial charge in [-0.3, -0.25) is 14.3 Å². The summed E-state index contributed by atoms with van der Waals surface area (Å²) in [5.74, 6) is -0.559. The van der Waals surface area contributed by atoms with Gasteiger partial charge in [0.2, 0.25) is 0 Å². The number of aromatic nitrogens is 4. The van der Waals surface area contributed by atoms with Gasteiger partial charge in [0.15, 0.2) is 0 Å². The highest BCUT2D eigenvalue weighted by Gasteiger charge is 2.44. The molecule has 34 heavy (non-hydrogen) atoms. The molecule has 3 N–H and O–H groups in total. The number of nitrogens with two attached hydrogens (primary N) is 1. The molecule has 1 aliphatic carbocycles. The van der Waals surface area contributed by atoms with Crippen molar-refractivity contribution < 1.29 is 18.0 Å². The van der Waals surface area contributed by atoms with E-state index in [9.17, 15) is 18.0 Å². The van der Waals surface area contributed by atoms with E-state index in [0.29, 0.717) is 30.3 Å². The number of fused-ring (bicyclic) bond motifs is 1. The van der Waals surface area contributed by atoms with E-state index >= 15 is 0 Å². The van der Waals surface area contributed by atoms with Gasteiger partial charge >= 0.3 is 0 Å². The van der Waals surface area contributed by atoms with E-state index in [-0.39, 0.29) is 28.0 Å². The van der Waals surface area contributed by atoms with Gasteiger partial charge < -0.3 is 11.1 Å². The Labute approximate surface area is 196 Å². The molecule has 1 saturated carbocycles. The van der Waals surface area contributed by atoms with E-state index in [0.717, 1.165) is 17.1 Å². The number of benzene rings is 1. The Morgan fingerprint density at radius 2 is 2.00 bits per heavy atom. The van der Waals surface area contributed by atoms with Crippen molar-refractivity contribution in [2.75, 3.05) is 18.8 Å². The quantitative estimate of drug-likeness (QED) is 0.512. The number of amides is 2. The van der Waals surface area contributed by atoms with Gasteiger partial charge in [0.05, 0.1) is 17.5 Å². The molecule has 3 heterocycles. The average molecular weight is 482 g/mol. The highest BCUT2D eigenvalue weighted by atomic mass is 32.2. The van der Waals surface area contributed by atoms with Crippen LogP contribution in [0.1, 0.15) is 40.5 Å². The van der Waals surface area contributed by atoms with Gasteiger partial charge in [0, 0.05) is 30.6 Å². The Morgan fingerprint density at radius 1 is 1.21 bits per heavy atom. The maximum absolute atomic E-state index is 12.8. The molecule has 0 unspecified atom stereocenters. The van der Waals surface area contributed by atoms with Crippen LogP contribution >= 0.6 is 0 Å². The van der Waals surface area contributed by atoms with E-state index < -0.39 is 21.8 Å². The second-order valence-electron chi connectivity index (χ2n) is 8.62. The fraction of sp³-hybridized carbons (Fsp3) is 0.318. The van der Waals surface area contributed by atoms with Crippen molar-refractivity contribution >= 4 is 27.7 Å². The van der Waals surface area contributed by atoms with Crippen LogP contribution in [-0.4, -0.2) is 57.6 Å². The zero-order chi connectivity index (χ0) is 24.1. The Bertz CT molecular complexity index is 1410. The van der Waals surface area contributed by atoms with E-state index in [1.165, 1.54) is 18.2 Å². The van der Waals surface area contributed by atoms with Crippen molar-refractivity contribution in [2.45, 2.75) is 31.2 Å². The molecule has 1 fully saturated rings. The van der Waals surface area contributed by atoms with E-state index in [1.54, 1.807) is 29.9 Å². The Hall–Kier alpha value is -3.80. The predicted octanol–water partition coefficient (Wildman–Crippen LogP) is 1.30. The lowest BCUT2D eigenvalue weighted by Crippen LogP contribution is -2.32. The molecule has 3 aromatic rings. The minimum atomic E-state index is -3.92. The van der Waals surface area contributed by atoms with Gasteiger partial charge in [-0.15, -0.1) is 5.10 Å². The summed E-state index contributed by atoms with van der Waals surface area (Å²) in [6, 6.07) is 9.45. The van der Waals surface area contributed by atoms with Crippen molar-refractivity contribution in [1.29, 1.82) is 0 Å². The Balaban J connectivity index is 1.26. The molecule has 0 atom stereocenters. The summed E-state index contributed by atoms with van der Waals surface area (Å²) in [5.41, 5.74) is 7.12. The van der Waals surface area contributed by atoms with Gasteiger partial charge in [-0.05, 0) is 50.1 Å². The first kappa shape index (κ1) is 22.0. The molecule has 5 rings (SSSR count). The Kier molecular flexibility index (Phi) is 5.12. The Morgan fingerprint density at radius 3 is 2.71 bits per heavy atom. The monoisotopic (exact) mass is 481 g/mol. The van der Waals surface area contributed by atoms with Crippen LogP contribution in [0.15, 0.2) is 47.5 Å². The molecule has 1 aromatic carbocycles. The van der Waals surface area contributed by atoms with E-state index in [4.69, 9.17) is 5.73 Å². The van der Waals surface area contributed by atoms with Crippen molar-refractivity contribution in [3.05, 3.63) is 53.7 Å². The molecule has 2 aromatic heterocycles. The summed E-state index contributed by atoms with van der Waals surface area (Å²) >= 11 is 0. The third-order valence-corrected chi connectivity index (χ3v) is 8.10. The van der Waals surface area contributed by atoms with E-state index in [2.05, 4.69) is 20.6 Å². The number of pyridine rings is 1. The van der Waals surface area contributed by atoms with E-state index in [1.807, 2.05) is 6.07 Å². The number of nitrogens with one attached hydrogen (secondary N) is 1. The molecule has 0 saturated heterocycles. The van der Waals surface area contributed by atoms with Crippen molar-refractivity contribution in [3.8, 4) is 11.4 Å². The number of carbonyl (C=O) groups excluding carboxylic acids is 2. The normalized spacial score (nSPS) is 17.4. The molecule has 2 amide bonds. The van der Waals surface area contributed by atoms with Crippen molar-refractivity contribution in [2.24, 2.45) is 5.41 Å². The van der Waals surface area contributed by atoms with Gasteiger partial charge in [0.1, 0.15) is 16.4 Å². The third-order valence-electron chi connectivity index (χ3n) is 6.21. The lowest BCUT2D eigenvalue weighted by Gasteiger charge is -2.16. The summed E-state index contributed by atoms with van der Waals surface area (Å²) < 4.78 is 27.7. The van der Waals surface area contributed by atoms with Crippen LogP contribution < -0.4 is 11.1 Å². The standard InChI is InChI=1S/C22H23N7O4S/c1-2-29-21(31)15-7-6-14(10-18(15)34(29,32)33)20(30)24-12-22(8-9-22)13-28-11-17(26-27-28)16-4-3-5-19(23)25-16/h3-7,10-11H,2,8-9,12-13H2,1H3,(H2,23,25)(H,24,30). The summed E-state index contributed by atoms with van der Waals surface area (Å²) in [7, 11) is -3.92. The molecular formula is C22H23N7O4S. The van der Waals surface area contributed by atoms with Crippen LogP contribution in [0.2, 0.25) is 0 Å². The van der Waals surface area contributed by atoms with Crippen LogP contribution in [0.3, 0.4) is 0 Å². The number of carbonyl (C=O) groups is 2. The van der Waals surface area contributed by atoms with Crippen LogP contribution in [-0.2, 0) is 16.6 Å². The topological polar surface area (TPSA) is 153 Å². The second kappa shape index (κ2) is 7.90. The molecule has 1 aliphatic heterocycles. The molecule has 12 heteroatoms. The molecule has 0 radical (unpaired) electrons. The maximum Gasteiger partial charge on any atom is 0.268 e. The first-order valence-corrected chi connectivity index (χ1v) is 12.3. The smallest absolute Gasteiger partial charge is 0.268 e. The molecule has 0 bridgehead atoms. The summed E-state index contributed by atoms with van der Waals surface area (Å²) in [6.07, 6.45) is 3.63. The molecular weight excluding hydrogens is 458 g/mol. The third kappa shape index (κ3) is 3.79. The number of sulfonamides is 1.